The predicted octanol–water partition coefficient (Wildman–Crippen LogP) is 2.67. The average molecular weight is 444 g/mol. The molecule has 5 rings (SSSR count). The third kappa shape index (κ3) is 2.75. The lowest BCUT2D eigenvalue weighted by atomic mass is 9.98. The van der Waals surface area contributed by atoms with Crippen molar-refractivity contribution >= 4 is 22.8 Å². The highest BCUT2D eigenvalue weighted by atomic mass is 19.1. The van der Waals surface area contributed by atoms with Gasteiger partial charge in [-0.1, -0.05) is 0 Å². The Kier molecular flexibility index (Phi) is 4.35. The van der Waals surface area contributed by atoms with Crippen molar-refractivity contribution in [2.24, 2.45) is 17.1 Å². The van der Waals surface area contributed by atoms with Gasteiger partial charge in [-0.25, -0.2) is 22.9 Å². The Hall–Kier alpha value is -3.40. The third-order valence-electron chi connectivity index (χ3n) is 6.96. The summed E-state index contributed by atoms with van der Waals surface area (Å²) in [5.74, 6) is -3.88. The van der Waals surface area contributed by atoms with Crippen molar-refractivity contribution in [2.45, 2.75) is 19.4 Å². The maximum absolute atomic E-state index is 15.1. The minimum Gasteiger partial charge on any atom is -0.477 e. The number of hydrogen-bond donors (Lipinski definition) is 2. The molecule has 3 N–H and O–H groups in total. The Bertz CT molecular complexity index is 1350. The number of piperidine rings is 1. The molecule has 0 unspecified atom stereocenters. The van der Waals surface area contributed by atoms with Gasteiger partial charge in [0.2, 0.25) is 5.43 Å². The van der Waals surface area contributed by atoms with Crippen LogP contribution in [0.3, 0.4) is 0 Å². The number of carboxylic acids is 1. The Labute approximate surface area is 179 Å². The van der Waals surface area contributed by atoms with Gasteiger partial charge in [0.25, 0.3) is 0 Å². The van der Waals surface area contributed by atoms with E-state index in [-0.39, 0.29) is 34.0 Å². The lowest BCUT2D eigenvalue weighted by Crippen LogP contribution is -2.38. The normalized spacial score (nSPS) is 24.1. The molecule has 1 saturated heterocycles. The van der Waals surface area contributed by atoms with Gasteiger partial charge in [-0.15, -0.1) is 0 Å². The maximum atomic E-state index is 15.1. The van der Waals surface area contributed by atoms with E-state index < -0.39 is 34.4 Å². The van der Waals surface area contributed by atoms with Crippen LogP contribution in [-0.2, 0) is 0 Å². The number of hydrogen-bond acceptors (Lipinski definition) is 5. The quantitative estimate of drug-likeness (QED) is 0.642. The number of fused-ring (bicyclic) bond motifs is 2. The van der Waals surface area contributed by atoms with Crippen molar-refractivity contribution in [2.75, 3.05) is 18.0 Å². The van der Waals surface area contributed by atoms with Crippen LogP contribution in [-0.4, -0.2) is 39.8 Å². The van der Waals surface area contributed by atoms with Crippen LogP contribution in [0.2, 0.25) is 0 Å². The average Bonchev–Trinajstić information content (AvgIpc) is 3.39. The highest BCUT2D eigenvalue weighted by Crippen LogP contribution is 2.61. The molecule has 0 spiro atoms. The lowest BCUT2D eigenvalue weighted by molar-refractivity contribution is 0.0695. The van der Waals surface area contributed by atoms with Gasteiger partial charge in [-0.3, -0.25) is 9.36 Å². The monoisotopic (exact) mass is 444 g/mol. The van der Waals surface area contributed by atoms with E-state index in [1.165, 1.54) is 0 Å². The summed E-state index contributed by atoms with van der Waals surface area (Å²) < 4.78 is 44.2. The second kappa shape index (κ2) is 6.80. The number of anilines is 1. The number of aromatic carboxylic acids is 1. The minimum atomic E-state index is -1.56. The van der Waals surface area contributed by atoms with Crippen molar-refractivity contribution in [3.8, 4) is 5.69 Å². The van der Waals surface area contributed by atoms with Gasteiger partial charge in [0.15, 0.2) is 17.3 Å². The number of rotatable bonds is 4. The Balaban J connectivity index is 1.77. The van der Waals surface area contributed by atoms with Crippen molar-refractivity contribution in [1.82, 2.24) is 9.55 Å². The molecule has 7 nitrogen and oxygen atoms in total. The molecular weight excluding hydrogens is 425 g/mol. The number of halogens is 3. The van der Waals surface area contributed by atoms with Crippen LogP contribution < -0.4 is 16.1 Å². The molecule has 2 fully saturated rings. The summed E-state index contributed by atoms with van der Waals surface area (Å²) in [5, 5.41) is 9.11. The smallest absolute Gasteiger partial charge is 0.341 e. The van der Waals surface area contributed by atoms with Crippen molar-refractivity contribution in [3.63, 3.8) is 0 Å². The van der Waals surface area contributed by atoms with Gasteiger partial charge in [0, 0.05) is 36.8 Å². The van der Waals surface area contributed by atoms with E-state index in [0.717, 1.165) is 35.4 Å². The molecule has 0 radical (unpaired) electrons. The van der Waals surface area contributed by atoms with Crippen molar-refractivity contribution in [1.29, 1.82) is 0 Å². The molecule has 1 saturated carbocycles. The molecular formula is C22H19F3N4O3. The molecule has 0 amide bonds. The molecule has 10 heteroatoms. The summed E-state index contributed by atoms with van der Waals surface area (Å²) in [6, 6.07) is 3.55. The van der Waals surface area contributed by atoms with Crippen LogP contribution in [0.5, 0.6) is 0 Å². The zero-order chi connectivity index (χ0) is 22.9. The van der Waals surface area contributed by atoms with Crippen LogP contribution in [0.4, 0.5) is 19.0 Å². The SMILES string of the molecule is C[C@H]1N(c2nc3c(cc2F)c(=O)c(C(=O)O)cn3-c2ccc(F)cc2F)C[C@@H]2C[C@@]21CN. The van der Waals surface area contributed by atoms with E-state index in [1.54, 1.807) is 4.90 Å². The molecule has 1 aromatic carbocycles. The number of benzene rings is 1. The molecule has 32 heavy (non-hydrogen) atoms. The second-order valence-electron chi connectivity index (χ2n) is 8.47. The fourth-order valence-electron chi connectivity index (χ4n) is 4.98. The van der Waals surface area contributed by atoms with Gasteiger partial charge >= 0.3 is 5.97 Å². The summed E-state index contributed by atoms with van der Waals surface area (Å²) in [6.07, 6.45) is 1.87. The Morgan fingerprint density at radius 2 is 2.03 bits per heavy atom. The van der Waals surface area contributed by atoms with E-state index in [0.29, 0.717) is 25.1 Å². The number of pyridine rings is 2. The Morgan fingerprint density at radius 3 is 2.66 bits per heavy atom. The maximum Gasteiger partial charge on any atom is 0.341 e. The van der Waals surface area contributed by atoms with E-state index in [4.69, 9.17) is 5.73 Å². The number of carboxylic acid groups (broad SMARTS) is 1. The highest BCUT2D eigenvalue weighted by Gasteiger charge is 2.63. The first-order valence-electron chi connectivity index (χ1n) is 10.1. The van der Waals surface area contributed by atoms with Crippen LogP contribution in [0.25, 0.3) is 16.7 Å². The van der Waals surface area contributed by atoms with Gasteiger partial charge in [0.1, 0.15) is 17.2 Å². The number of carbonyl (C=O) groups is 1. The standard InChI is InChI=1S/C22H19F3N4O3/c1-10-22(9-26)6-11(22)7-28(10)20-16(25)5-13-18(30)14(21(31)32)8-29(19(13)27-20)17-3-2-12(23)4-15(17)24/h2-5,8,10-11H,6-7,9,26H2,1H3,(H,31,32)/t10-,11+,22+/m1/s1. The molecule has 2 aromatic heterocycles. The van der Waals surface area contributed by atoms with Gasteiger partial charge < -0.3 is 15.7 Å². The fraction of sp³-hybridized carbons (Fsp3) is 0.318. The molecule has 0 bridgehead atoms. The van der Waals surface area contributed by atoms with Crippen LogP contribution in [0.1, 0.15) is 23.7 Å². The molecule has 166 valence electrons. The molecule has 3 aromatic rings. The molecule has 3 atom stereocenters. The van der Waals surface area contributed by atoms with Gasteiger partial charge in [-0.05, 0) is 37.5 Å². The summed E-state index contributed by atoms with van der Waals surface area (Å²) in [7, 11) is 0. The van der Waals surface area contributed by atoms with Crippen LogP contribution in [0.15, 0.2) is 35.3 Å². The zero-order valence-corrected chi connectivity index (χ0v) is 17.0. The number of aromatic nitrogens is 2. The number of nitrogens with zero attached hydrogens (tertiary/aromatic N) is 3. The minimum absolute atomic E-state index is 0.0243. The van der Waals surface area contributed by atoms with E-state index in [1.807, 2.05) is 6.92 Å². The van der Waals surface area contributed by atoms with Crippen LogP contribution in [0, 0.1) is 28.8 Å². The van der Waals surface area contributed by atoms with Crippen molar-refractivity contribution < 1.29 is 23.1 Å². The first-order chi connectivity index (χ1) is 15.2. The summed E-state index contributed by atoms with van der Waals surface area (Å²) in [5.41, 5.74) is 3.85. The third-order valence-corrected chi connectivity index (χ3v) is 6.96. The lowest BCUT2D eigenvalue weighted by Gasteiger charge is -2.30. The summed E-state index contributed by atoms with van der Waals surface area (Å²) in [4.78, 5) is 30.4. The Morgan fingerprint density at radius 1 is 1.28 bits per heavy atom. The first-order valence-corrected chi connectivity index (χ1v) is 10.1. The predicted molar refractivity (Wildman–Crippen MR) is 111 cm³/mol. The van der Waals surface area contributed by atoms with E-state index in [2.05, 4.69) is 4.98 Å². The van der Waals surface area contributed by atoms with E-state index >= 15 is 4.39 Å². The fourth-order valence-corrected chi connectivity index (χ4v) is 4.98. The van der Waals surface area contributed by atoms with Crippen molar-refractivity contribution in [3.05, 3.63) is 63.7 Å². The van der Waals surface area contributed by atoms with Crippen LogP contribution >= 0.6 is 0 Å². The topological polar surface area (TPSA) is 101 Å². The molecule has 1 aliphatic heterocycles. The van der Waals surface area contributed by atoms with Gasteiger partial charge in [0.05, 0.1) is 11.1 Å². The van der Waals surface area contributed by atoms with E-state index in [9.17, 15) is 23.5 Å². The first kappa shape index (κ1) is 20.5. The highest BCUT2D eigenvalue weighted by molar-refractivity contribution is 5.92. The number of nitrogens with two attached hydrogens (primary N) is 1. The van der Waals surface area contributed by atoms with Gasteiger partial charge in [-0.2, -0.15) is 0 Å². The largest absolute Gasteiger partial charge is 0.477 e. The summed E-state index contributed by atoms with van der Waals surface area (Å²) in [6.45, 7) is 2.93. The second-order valence-corrected chi connectivity index (χ2v) is 8.47. The molecule has 3 heterocycles. The molecule has 2 aliphatic rings. The zero-order valence-electron chi connectivity index (χ0n) is 17.0. The molecule has 1 aliphatic carbocycles. The summed E-state index contributed by atoms with van der Waals surface area (Å²) >= 11 is 0.